The Kier molecular flexibility index (Phi) is 5.20. The van der Waals surface area contributed by atoms with Crippen LogP contribution in [-0.4, -0.2) is 62.8 Å². The van der Waals surface area contributed by atoms with Crippen LogP contribution in [0.1, 0.15) is 24.2 Å². The normalized spacial score (nSPS) is 17.6. The van der Waals surface area contributed by atoms with E-state index in [4.69, 9.17) is 0 Å². The second kappa shape index (κ2) is 6.76. The van der Waals surface area contributed by atoms with Gasteiger partial charge in [-0.25, -0.2) is 8.42 Å². The minimum Gasteiger partial charge on any atom is -0.350 e. The standard InChI is InChI=1S/C15H23N3O3S/c1-12(2)16-15(19)13-5-4-6-14(11-13)22(20,21)18-9-7-17(3)8-10-18/h4-6,11-12H,7-10H2,1-3H3,(H,16,19). The van der Waals surface area contributed by atoms with Crippen molar-refractivity contribution < 1.29 is 13.2 Å². The van der Waals surface area contributed by atoms with Crippen molar-refractivity contribution in [1.82, 2.24) is 14.5 Å². The zero-order valence-corrected chi connectivity index (χ0v) is 14.1. The summed E-state index contributed by atoms with van der Waals surface area (Å²) in [7, 11) is -1.57. The average Bonchev–Trinajstić information content (AvgIpc) is 2.47. The summed E-state index contributed by atoms with van der Waals surface area (Å²) in [4.78, 5) is 14.3. The predicted molar refractivity (Wildman–Crippen MR) is 85.3 cm³/mol. The molecule has 22 heavy (non-hydrogen) atoms. The lowest BCUT2D eigenvalue weighted by molar-refractivity contribution is 0.0943. The quantitative estimate of drug-likeness (QED) is 0.887. The fraction of sp³-hybridized carbons (Fsp3) is 0.533. The smallest absolute Gasteiger partial charge is 0.251 e. The van der Waals surface area contributed by atoms with Gasteiger partial charge >= 0.3 is 0 Å². The molecule has 0 spiro atoms. The van der Waals surface area contributed by atoms with E-state index in [1.807, 2.05) is 20.9 Å². The first-order valence-corrected chi connectivity index (χ1v) is 8.84. The van der Waals surface area contributed by atoms with Crippen molar-refractivity contribution in [2.75, 3.05) is 33.2 Å². The zero-order valence-electron chi connectivity index (χ0n) is 13.2. The van der Waals surface area contributed by atoms with Gasteiger partial charge in [-0.05, 0) is 39.1 Å². The maximum atomic E-state index is 12.7. The Morgan fingerprint density at radius 3 is 2.41 bits per heavy atom. The molecule has 1 heterocycles. The third-order valence-corrected chi connectivity index (χ3v) is 5.51. The lowest BCUT2D eigenvalue weighted by Crippen LogP contribution is -2.47. The van der Waals surface area contributed by atoms with Crippen molar-refractivity contribution >= 4 is 15.9 Å². The number of amides is 1. The molecule has 0 atom stereocenters. The lowest BCUT2D eigenvalue weighted by atomic mass is 10.2. The van der Waals surface area contributed by atoms with E-state index in [9.17, 15) is 13.2 Å². The van der Waals surface area contributed by atoms with Crippen LogP contribution in [0.4, 0.5) is 0 Å². The van der Waals surface area contributed by atoms with Crippen molar-refractivity contribution in [2.24, 2.45) is 0 Å². The number of sulfonamides is 1. The number of carbonyl (C=O) groups excluding carboxylic acids is 1. The van der Waals surface area contributed by atoms with Gasteiger partial charge < -0.3 is 10.2 Å². The molecule has 7 heteroatoms. The highest BCUT2D eigenvalue weighted by Crippen LogP contribution is 2.18. The molecular formula is C15H23N3O3S. The van der Waals surface area contributed by atoms with Crippen LogP contribution in [-0.2, 0) is 10.0 Å². The first kappa shape index (κ1) is 16.9. The summed E-state index contributed by atoms with van der Waals surface area (Å²) in [5.41, 5.74) is 0.365. The van der Waals surface area contributed by atoms with Crippen LogP contribution < -0.4 is 5.32 Å². The van der Waals surface area contributed by atoms with Crippen LogP contribution in [0.5, 0.6) is 0 Å². The van der Waals surface area contributed by atoms with Gasteiger partial charge in [0.2, 0.25) is 10.0 Å². The number of piperazine rings is 1. The maximum Gasteiger partial charge on any atom is 0.251 e. The first-order chi connectivity index (χ1) is 10.3. The molecule has 1 amide bonds. The van der Waals surface area contributed by atoms with E-state index < -0.39 is 10.0 Å². The maximum absolute atomic E-state index is 12.7. The first-order valence-electron chi connectivity index (χ1n) is 7.40. The molecule has 0 bridgehead atoms. The van der Waals surface area contributed by atoms with Gasteiger partial charge in [-0.1, -0.05) is 6.07 Å². The molecule has 6 nitrogen and oxygen atoms in total. The van der Waals surface area contributed by atoms with E-state index in [0.29, 0.717) is 31.7 Å². The van der Waals surface area contributed by atoms with Gasteiger partial charge in [-0.2, -0.15) is 4.31 Å². The van der Waals surface area contributed by atoms with E-state index in [1.54, 1.807) is 18.2 Å². The molecule has 1 fully saturated rings. The largest absolute Gasteiger partial charge is 0.350 e. The molecule has 1 aromatic rings. The Bertz CT molecular complexity index is 635. The molecule has 1 saturated heterocycles. The summed E-state index contributed by atoms with van der Waals surface area (Å²) in [5.74, 6) is -0.259. The lowest BCUT2D eigenvalue weighted by Gasteiger charge is -2.31. The van der Waals surface area contributed by atoms with Gasteiger partial charge in [-0.3, -0.25) is 4.79 Å². The second-order valence-electron chi connectivity index (χ2n) is 5.86. The van der Waals surface area contributed by atoms with Crippen molar-refractivity contribution in [3.63, 3.8) is 0 Å². The molecule has 1 N–H and O–H groups in total. The van der Waals surface area contributed by atoms with Crippen molar-refractivity contribution in [3.8, 4) is 0 Å². The Morgan fingerprint density at radius 1 is 1.18 bits per heavy atom. The highest BCUT2D eigenvalue weighted by Gasteiger charge is 2.27. The van der Waals surface area contributed by atoms with Gasteiger partial charge in [0.05, 0.1) is 4.90 Å². The number of rotatable bonds is 4. The number of nitrogens with one attached hydrogen (secondary N) is 1. The Labute approximate surface area is 132 Å². The zero-order chi connectivity index (χ0) is 16.3. The molecule has 1 aromatic carbocycles. The van der Waals surface area contributed by atoms with Crippen molar-refractivity contribution in [3.05, 3.63) is 29.8 Å². The van der Waals surface area contributed by atoms with Gasteiger partial charge in [0.1, 0.15) is 0 Å². The topological polar surface area (TPSA) is 69.7 Å². The summed E-state index contributed by atoms with van der Waals surface area (Å²) in [5, 5.41) is 2.77. The third-order valence-electron chi connectivity index (χ3n) is 3.62. The van der Waals surface area contributed by atoms with Gasteiger partial charge in [0.25, 0.3) is 5.91 Å². The van der Waals surface area contributed by atoms with Crippen LogP contribution in [0.3, 0.4) is 0 Å². The Morgan fingerprint density at radius 2 is 1.82 bits per heavy atom. The molecule has 0 saturated carbocycles. The van der Waals surface area contributed by atoms with Gasteiger partial charge in [-0.15, -0.1) is 0 Å². The summed E-state index contributed by atoms with van der Waals surface area (Å²) >= 11 is 0. The van der Waals surface area contributed by atoms with Crippen LogP contribution in [0.15, 0.2) is 29.2 Å². The summed E-state index contributed by atoms with van der Waals surface area (Å²) in [6.45, 7) is 6.10. The number of carbonyl (C=O) groups is 1. The molecule has 1 aliphatic rings. The van der Waals surface area contributed by atoms with E-state index in [2.05, 4.69) is 10.2 Å². The van der Waals surface area contributed by atoms with Crippen LogP contribution in [0, 0.1) is 0 Å². The van der Waals surface area contributed by atoms with E-state index in [0.717, 1.165) is 0 Å². The third kappa shape index (κ3) is 3.85. The van der Waals surface area contributed by atoms with Crippen molar-refractivity contribution in [2.45, 2.75) is 24.8 Å². The van der Waals surface area contributed by atoms with Crippen LogP contribution >= 0.6 is 0 Å². The Balaban J connectivity index is 2.23. The molecule has 0 unspecified atom stereocenters. The summed E-state index contributed by atoms with van der Waals surface area (Å²) in [6.07, 6.45) is 0. The monoisotopic (exact) mass is 325 g/mol. The van der Waals surface area contributed by atoms with Gasteiger partial charge in [0.15, 0.2) is 0 Å². The number of hydrogen-bond donors (Lipinski definition) is 1. The number of benzene rings is 1. The number of likely N-dealkylation sites (N-methyl/N-ethyl adjacent to an activating group) is 1. The molecule has 1 aliphatic heterocycles. The fourth-order valence-electron chi connectivity index (χ4n) is 2.32. The SMILES string of the molecule is CC(C)NC(=O)c1cccc(S(=O)(=O)N2CCN(C)CC2)c1. The molecular weight excluding hydrogens is 302 g/mol. The molecule has 0 radical (unpaired) electrons. The van der Waals surface area contributed by atoms with E-state index >= 15 is 0 Å². The van der Waals surface area contributed by atoms with Crippen molar-refractivity contribution in [1.29, 1.82) is 0 Å². The Hall–Kier alpha value is -1.44. The number of nitrogens with zero attached hydrogens (tertiary/aromatic N) is 2. The average molecular weight is 325 g/mol. The van der Waals surface area contributed by atoms with Crippen LogP contribution in [0.25, 0.3) is 0 Å². The minimum absolute atomic E-state index is 0.00500. The highest BCUT2D eigenvalue weighted by atomic mass is 32.2. The molecule has 2 rings (SSSR count). The van der Waals surface area contributed by atoms with E-state index in [1.165, 1.54) is 10.4 Å². The number of hydrogen-bond acceptors (Lipinski definition) is 4. The molecule has 122 valence electrons. The van der Waals surface area contributed by atoms with Crippen LogP contribution in [0.2, 0.25) is 0 Å². The second-order valence-corrected chi connectivity index (χ2v) is 7.80. The fourth-order valence-corrected chi connectivity index (χ4v) is 3.79. The summed E-state index contributed by atoms with van der Waals surface area (Å²) < 4.78 is 26.8. The molecule has 0 aromatic heterocycles. The van der Waals surface area contributed by atoms with Gasteiger partial charge in [0, 0.05) is 37.8 Å². The predicted octanol–water partition coefficient (Wildman–Crippen LogP) is 0.761. The molecule has 0 aliphatic carbocycles. The highest BCUT2D eigenvalue weighted by molar-refractivity contribution is 7.89. The minimum atomic E-state index is -3.54. The summed E-state index contributed by atoms with van der Waals surface area (Å²) in [6, 6.07) is 6.23. The van der Waals surface area contributed by atoms with E-state index in [-0.39, 0.29) is 16.8 Å².